The summed E-state index contributed by atoms with van der Waals surface area (Å²) in [6, 6.07) is 5.85. The molecule has 1 aliphatic rings. The first kappa shape index (κ1) is 21.9. The average molecular weight is 424 g/mol. The quantitative estimate of drug-likeness (QED) is 0.461. The summed E-state index contributed by atoms with van der Waals surface area (Å²) in [5, 5.41) is 18.2. The highest BCUT2D eigenvalue weighted by Gasteiger charge is 2.42. The minimum Gasteiger partial charge on any atom is -0.493 e. The van der Waals surface area contributed by atoms with E-state index in [2.05, 4.69) is 0 Å². The van der Waals surface area contributed by atoms with Crippen LogP contribution in [-0.4, -0.2) is 49.9 Å². The molecular formula is C19H21NO6S2. The smallest absolute Gasteiger partial charge is 0.327 e. The molecule has 2 atom stereocenters. The lowest BCUT2D eigenvalue weighted by atomic mass is 9.98. The number of hydrogen-bond donors (Lipinski definition) is 2. The zero-order chi connectivity index (χ0) is 20.8. The third-order valence-corrected chi connectivity index (χ3v) is 5.61. The van der Waals surface area contributed by atoms with Gasteiger partial charge in [0.15, 0.2) is 0 Å². The molecule has 0 aromatic heterocycles. The number of thiocarbonyl (C=S) groups is 1. The first-order chi connectivity index (χ1) is 13.2. The molecule has 2 rings (SSSR count). The van der Waals surface area contributed by atoms with Gasteiger partial charge in [-0.25, -0.2) is 4.79 Å². The third-order valence-electron chi connectivity index (χ3n) is 4.28. The van der Waals surface area contributed by atoms with Gasteiger partial charge in [-0.1, -0.05) is 56.4 Å². The fourth-order valence-corrected chi connectivity index (χ4v) is 3.98. The SMILES string of the molecule is CCC(C)C(C(=O)O)N1C(=O)/C(=C/c2cccc(OCCC(=O)O)c2)SC1=S. The Morgan fingerprint density at radius 1 is 1.36 bits per heavy atom. The first-order valence-electron chi connectivity index (χ1n) is 8.69. The number of amides is 1. The van der Waals surface area contributed by atoms with E-state index < -0.39 is 23.9 Å². The van der Waals surface area contributed by atoms with Crippen LogP contribution in [0.1, 0.15) is 32.3 Å². The summed E-state index contributed by atoms with van der Waals surface area (Å²) in [4.78, 5) is 36.6. The second-order valence-corrected chi connectivity index (χ2v) is 7.96. The number of ether oxygens (including phenoxy) is 1. The Kier molecular flexibility index (Phi) is 7.59. The molecule has 0 aliphatic carbocycles. The van der Waals surface area contributed by atoms with Crippen molar-refractivity contribution in [3.8, 4) is 5.75 Å². The maximum Gasteiger partial charge on any atom is 0.327 e. The van der Waals surface area contributed by atoms with Crippen molar-refractivity contribution in [2.75, 3.05) is 6.61 Å². The van der Waals surface area contributed by atoms with Crippen LogP contribution in [0.5, 0.6) is 5.75 Å². The number of nitrogens with zero attached hydrogens (tertiary/aromatic N) is 1. The molecule has 7 nitrogen and oxygen atoms in total. The molecular weight excluding hydrogens is 402 g/mol. The van der Waals surface area contributed by atoms with Crippen LogP contribution in [0.4, 0.5) is 0 Å². The summed E-state index contributed by atoms with van der Waals surface area (Å²) in [5.41, 5.74) is 0.670. The molecule has 1 aromatic carbocycles. The molecule has 0 spiro atoms. The average Bonchev–Trinajstić information content (AvgIpc) is 2.89. The third kappa shape index (κ3) is 5.32. The second-order valence-electron chi connectivity index (χ2n) is 6.29. The maximum absolute atomic E-state index is 12.8. The Morgan fingerprint density at radius 3 is 2.68 bits per heavy atom. The van der Waals surface area contributed by atoms with E-state index in [1.54, 1.807) is 37.3 Å². The summed E-state index contributed by atoms with van der Waals surface area (Å²) < 4.78 is 5.61. The van der Waals surface area contributed by atoms with Gasteiger partial charge in [0.2, 0.25) is 0 Å². The van der Waals surface area contributed by atoms with E-state index in [1.165, 1.54) is 4.90 Å². The molecule has 1 heterocycles. The van der Waals surface area contributed by atoms with Gasteiger partial charge in [-0.15, -0.1) is 0 Å². The van der Waals surface area contributed by atoms with Crippen LogP contribution < -0.4 is 4.74 Å². The van der Waals surface area contributed by atoms with Crippen LogP contribution in [0.15, 0.2) is 29.2 Å². The molecule has 150 valence electrons. The van der Waals surface area contributed by atoms with Crippen LogP contribution in [0.25, 0.3) is 6.08 Å². The highest BCUT2D eigenvalue weighted by atomic mass is 32.2. The van der Waals surface area contributed by atoms with Gasteiger partial charge in [0.1, 0.15) is 16.1 Å². The van der Waals surface area contributed by atoms with Crippen molar-refractivity contribution in [2.45, 2.75) is 32.7 Å². The molecule has 9 heteroatoms. The normalized spacial score (nSPS) is 17.6. The highest BCUT2D eigenvalue weighted by Crippen LogP contribution is 2.36. The van der Waals surface area contributed by atoms with Crippen molar-refractivity contribution in [1.82, 2.24) is 4.90 Å². The Labute approximate surface area is 172 Å². The number of rotatable bonds is 9. The summed E-state index contributed by atoms with van der Waals surface area (Å²) in [6.07, 6.45) is 2.11. The van der Waals surface area contributed by atoms with Crippen molar-refractivity contribution in [3.05, 3.63) is 34.7 Å². The molecule has 0 saturated carbocycles. The lowest BCUT2D eigenvalue weighted by Crippen LogP contribution is -2.47. The number of carbonyl (C=O) groups excluding carboxylic acids is 1. The molecule has 2 N–H and O–H groups in total. The number of aliphatic carboxylic acids is 2. The predicted octanol–water partition coefficient (Wildman–Crippen LogP) is 3.24. The first-order valence-corrected chi connectivity index (χ1v) is 9.91. The minimum absolute atomic E-state index is 0.0378. The largest absolute Gasteiger partial charge is 0.493 e. The summed E-state index contributed by atoms with van der Waals surface area (Å²) in [7, 11) is 0. The Hall–Kier alpha value is -2.39. The monoisotopic (exact) mass is 423 g/mol. The van der Waals surface area contributed by atoms with Gasteiger partial charge >= 0.3 is 11.9 Å². The van der Waals surface area contributed by atoms with Gasteiger partial charge in [-0.2, -0.15) is 0 Å². The van der Waals surface area contributed by atoms with Crippen LogP contribution in [0.3, 0.4) is 0 Å². The lowest BCUT2D eigenvalue weighted by molar-refractivity contribution is -0.147. The number of hydrogen-bond acceptors (Lipinski definition) is 6. The Balaban J connectivity index is 2.21. The Bertz CT molecular complexity index is 822. The van der Waals surface area contributed by atoms with Gasteiger partial charge in [0.25, 0.3) is 5.91 Å². The maximum atomic E-state index is 12.8. The topological polar surface area (TPSA) is 104 Å². The number of benzene rings is 1. The van der Waals surface area contributed by atoms with Gasteiger partial charge in [0.05, 0.1) is 17.9 Å². The fraction of sp³-hybridized carbons (Fsp3) is 0.368. The van der Waals surface area contributed by atoms with Crippen molar-refractivity contribution in [2.24, 2.45) is 5.92 Å². The van der Waals surface area contributed by atoms with E-state index >= 15 is 0 Å². The van der Waals surface area contributed by atoms with Gasteiger partial charge in [0, 0.05) is 0 Å². The van der Waals surface area contributed by atoms with Crippen LogP contribution in [0, 0.1) is 5.92 Å². The number of carboxylic acid groups (broad SMARTS) is 2. The molecule has 1 saturated heterocycles. The number of carboxylic acids is 2. The number of carbonyl (C=O) groups is 3. The number of thioether (sulfide) groups is 1. The van der Waals surface area contributed by atoms with Crippen molar-refractivity contribution < 1.29 is 29.3 Å². The van der Waals surface area contributed by atoms with Gasteiger partial charge in [-0.05, 0) is 29.7 Å². The summed E-state index contributed by atoms with van der Waals surface area (Å²) in [5.74, 6) is -2.23. The lowest BCUT2D eigenvalue weighted by Gasteiger charge is -2.27. The zero-order valence-electron chi connectivity index (χ0n) is 15.5. The summed E-state index contributed by atoms with van der Waals surface area (Å²) >= 11 is 6.33. The molecule has 1 fully saturated rings. The van der Waals surface area contributed by atoms with E-state index in [4.69, 9.17) is 22.1 Å². The fourth-order valence-electron chi connectivity index (χ4n) is 2.65. The molecule has 2 unspecified atom stereocenters. The van der Waals surface area contributed by atoms with Gasteiger partial charge < -0.3 is 14.9 Å². The van der Waals surface area contributed by atoms with Crippen molar-refractivity contribution >= 4 is 52.2 Å². The minimum atomic E-state index is -1.08. The van der Waals surface area contributed by atoms with E-state index in [0.29, 0.717) is 22.6 Å². The van der Waals surface area contributed by atoms with Crippen LogP contribution >= 0.6 is 24.0 Å². The second kappa shape index (κ2) is 9.70. The molecule has 0 radical (unpaired) electrons. The molecule has 1 aliphatic heterocycles. The molecule has 0 bridgehead atoms. The molecule has 1 amide bonds. The molecule has 1 aromatic rings. The Morgan fingerprint density at radius 2 is 2.07 bits per heavy atom. The predicted molar refractivity (Wildman–Crippen MR) is 110 cm³/mol. The van der Waals surface area contributed by atoms with Crippen LogP contribution in [0.2, 0.25) is 0 Å². The van der Waals surface area contributed by atoms with E-state index in [-0.39, 0.29) is 23.3 Å². The van der Waals surface area contributed by atoms with Crippen LogP contribution in [-0.2, 0) is 14.4 Å². The van der Waals surface area contributed by atoms with E-state index in [0.717, 1.165) is 11.8 Å². The van der Waals surface area contributed by atoms with Crippen molar-refractivity contribution in [3.63, 3.8) is 0 Å². The van der Waals surface area contributed by atoms with Gasteiger partial charge in [-0.3, -0.25) is 14.5 Å². The zero-order valence-corrected chi connectivity index (χ0v) is 17.1. The summed E-state index contributed by atoms with van der Waals surface area (Å²) in [6.45, 7) is 3.68. The molecule has 28 heavy (non-hydrogen) atoms. The van der Waals surface area contributed by atoms with E-state index in [9.17, 15) is 19.5 Å². The van der Waals surface area contributed by atoms with E-state index in [1.807, 2.05) is 6.92 Å². The van der Waals surface area contributed by atoms with Crippen molar-refractivity contribution in [1.29, 1.82) is 0 Å². The standard InChI is InChI=1S/C19H21NO6S2/c1-3-11(2)16(18(24)25)20-17(23)14(28-19(20)27)10-12-5-4-6-13(9-12)26-8-7-15(21)22/h4-6,9-11,16H,3,7-8H2,1-2H3,(H,21,22)(H,24,25)/b14-10-. The highest BCUT2D eigenvalue weighted by molar-refractivity contribution is 8.26.